The quantitative estimate of drug-likeness (QED) is 0.494. The Morgan fingerprint density at radius 2 is 2.07 bits per heavy atom. The molecule has 0 aromatic heterocycles. The summed E-state index contributed by atoms with van der Waals surface area (Å²) >= 11 is 0. The fraction of sp³-hybridized carbons (Fsp3) is 0.643. The van der Waals surface area contributed by atoms with Crippen molar-refractivity contribution in [3.05, 3.63) is 23.8 Å². The molecule has 1 fully saturated rings. The third kappa shape index (κ3) is 2.80. The third-order valence-electron chi connectivity index (χ3n) is 3.22. The molecule has 0 aromatic rings. The predicted octanol–water partition coefficient (Wildman–Crippen LogP) is 3.90. The molecule has 1 unspecified atom stereocenters. The van der Waals surface area contributed by atoms with E-state index in [0.29, 0.717) is 0 Å². The van der Waals surface area contributed by atoms with E-state index in [4.69, 9.17) is 0 Å². The molecule has 0 N–H and O–H groups in total. The number of allylic oxidation sites excluding steroid dienone is 3. The summed E-state index contributed by atoms with van der Waals surface area (Å²) in [6.45, 7) is 12.4. The Labute approximate surface area is 93.3 Å². The van der Waals surface area contributed by atoms with Gasteiger partial charge in [0.05, 0.1) is 0 Å². The summed E-state index contributed by atoms with van der Waals surface area (Å²) in [7, 11) is 0. The maximum atomic E-state index is 12.1. The van der Waals surface area contributed by atoms with Gasteiger partial charge in [-0.1, -0.05) is 31.6 Å². The molecule has 1 nitrogen and oxygen atoms in total. The first-order chi connectivity index (χ1) is 6.84. The predicted molar refractivity (Wildman–Crippen MR) is 64.7 cm³/mol. The highest BCUT2D eigenvalue weighted by atomic mass is 16.1. The average Bonchev–Trinajstić information content (AvgIpc) is 1.99. The highest BCUT2D eigenvalue weighted by molar-refractivity contribution is 5.94. The lowest BCUT2D eigenvalue weighted by Crippen LogP contribution is -2.34. The maximum absolute atomic E-state index is 12.1. The van der Waals surface area contributed by atoms with E-state index < -0.39 is 0 Å². The second-order valence-electron chi connectivity index (χ2n) is 5.56. The minimum absolute atomic E-state index is 0.0288. The summed E-state index contributed by atoms with van der Waals surface area (Å²) in [5.41, 5.74) is 2.28. The second kappa shape index (κ2) is 4.34. The molecule has 84 valence electrons. The molecular weight excluding hydrogens is 184 g/mol. The molecule has 0 amide bonds. The van der Waals surface area contributed by atoms with Crippen molar-refractivity contribution >= 4 is 5.78 Å². The highest BCUT2D eigenvalue weighted by Crippen LogP contribution is 2.43. The average molecular weight is 206 g/mol. The van der Waals surface area contributed by atoms with Crippen molar-refractivity contribution < 1.29 is 4.79 Å². The maximum Gasteiger partial charge on any atom is 0.163 e. The van der Waals surface area contributed by atoms with Crippen LogP contribution in [0, 0.1) is 11.3 Å². The van der Waals surface area contributed by atoms with E-state index in [2.05, 4.69) is 20.4 Å². The van der Waals surface area contributed by atoms with E-state index in [1.54, 1.807) is 6.08 Å². The van der Waals surface area contributed by atoms with Gasteiger partial charge in [-0.05, 0) is 44.6 Å². The monoisotopic (exact) mass is 206 g/mol. The smallest absolute Gasteiger partial charge is 0.163 e. The van der Waals surface area contributed by atoms with E-state index in [0.717, 1.165) is 24.0 Å². The van der Waals surface area contributed by atoms with Gasteiger partial charge in [0.25, 0.3) is 0 Å². The Morgan fingerprint density at radius 1 is 1.47 bits per heavy atom. The van der Waals surface area contributed by atoms with Gasteiger partial charge in [0, 0.05) is 5.92 Å². The Balaban J connectivity index is 2.94. The van der Waals surface area contributed by atoms with Crippen molar-refractivity contribution in [2.75, 3.05) is 0 Å². The molecule has 1 rings (SSSR count). The molecule has 1 atom stereocenters. The van der Waals surface area contributed by atoms with E-state index in [1.165, 1.54) is 6.42 Å². The van der Waals surface area contributed by atoms with Gasteiger partial charge in [0.1, 0.15) is 0 Å². The molecule has 15 heavy (non-hydrogen) atoms. The minimum atomic E-state index is 0.0288. The molecule has 1 aliphatic carbocycles. The van der Waals surface area contributed by atoms with Crippen LogP contribution >= 0.6 is 0 Å². The summed E-state index contributed by atoms with van der Waals surface area (Å²) in [4.78, 5) is 12.1. The Bertz CT molecular complexity index is 303. The van der Waals surface area contributed by atoms with Crippen LogP contribution in [0.25, 0.3) is 0 Å². The molecular formula is C14H22O. The number of rotatable bonds is 2. The SMILES string of the molecule is C=C1CCCC(C)(C)C1C(=O)C=C(C)C. The minimum Gasteiger partial charge on any atom is -0.294 e. The fourth-order valence-corrected chi connectivity index (χ4v) is 2.57. The van der Waals surface area contributed by atoms with Crippen LogP contribution in [0.4, 0.5) is 0 Å². The molecule has 0 aliphatic heterocycles. The number of carbonyl (C=O) groups is 1. The normalized spacial score (nSPS) is 24.8. The van der Waals surface area contributed by atoms with Crippen molar-refractivity contribution in [2.45, 2.75) is 47.0 Å². The molecule has 0 aromatic carbocycles. The van der Waals surface area contributed by atoms with Crippen molar-refractivity contribution in [3.63, 3.8) is 0 Å². The van der Waals surface area contributed by atoms with Gasteiger partial charge in [-0.3, -0.25) is 4.79 Å². The number of hydrogen-bond donors (Lipinski definition) is 0. The van der Waals surface area contributed by atoms with Crippen LogP contribution in [0.3, 0.4) is 0 Å². The molecule has 1 aliphatic rings. The zero-order valence-corrected chi connectivity index (χ0v) is 10.4. The van der Waals surface area contributed by atoms with Crippen LogP contribution < -0.4 is 0 Å². The van der Waals surface area contributed by atoms with E-state index >= 15 is 0 Å². The number of hydrogen-bond acceptors (Lipinski definition) is 1. The topological polar surface area (TPSA) is 17.1 Å². The summed E-state index contributed by atoms with van der Waals surface area (Å²) in [5.74, 6) is 0.269. The van der Waals surface area contributed by atoms with Gasteiger partial charge in [-0.2, -0.15) is 0 Å². The van der Waals surface area contributed by atoms with Crippen molar-refractivity contribution in [1.82, 2.24) is 0 Å². The van der Waals surface area contributed by atoms with Crippen LogP contribution in [0.15, 0.2) is 23.8 Å². The molecule has 1 saturated carbocycles. The Morgan fingerprint density at radius 3 is 2.53 bits per heavy atom. The Kier molecular flexibility index (Phi) is 3.54. The number of ketones is 1. The van der Waals surface area contributed by atoms with Gasteiger partial charge >= 0.3 is 0 Å². The first kappa shape index (κ1) is 12.2. The molecule has 0 heterocycles. The summed E-state index contributed by atoms with van der Waals surface area (Å²) in [6.07, 6.45) is 5.07. The summed E-state index contributed by atoms with van der Waals surface area (Å²) < 4.78 is 0. The zero-order valence-electron chi connectivity index (χ0n) is 10.4. The lowest BCUT2D eigenvalue weighted by Gasteiger charge is -2.38. The largest absolute Gasteiger partial charge is 0.294 e. The lowest BCUT2D eigenvalue weighted by atomic mass is 9.65. The van der Waals surface area contributed by atoms with Gasteiger partial charge in [-0.25, -0.2) is 0 Å². The van der Waals surface area contributed by atoms with Crippen molar-refractivity contribution in [3.8, 4) is 0 Å². The lowest BCUT2D eigenvalue weighted by molar-refractivity contribution is -0.120. The standard InChI is InChI=1S/C14H22O/c1-10(2)9-12(15)13-11(3)7-6-8-14(13,4)5/h9,13H,3,6-8H2,1-2,4-5H3. The highest BCUT2D eigenvalue weighted by Gasteiger charge is 2.38. The van der Waals surface area contributed by atoms with E-state index in [9.17, 15) is 4.79 Å². The van der Waals surface area contributed by atoms with Crippen molar-refractivity contribution in [1.29, 1.82) is 0 Å². The summed E-state index contributed by atoms with van der Waals surface area (Å²) in [6, 6.07) is 0. The summed E-state index contributed by atoms with van der Waals surface area (Å²) in [5, 5.41) is 0. The zero-order chi connectivity index (χ0) is 11.6. The molecule has 0 radical (unpaired) electrons. The van der Waals surface area contributed by atoms with Gasteiger partial charge < -0.3 is 0 Å². The molecule has 0 saturated heterocycles. The third-order valence-corrected chi connectivity index (χ3v) is 3.22. The van der Waals surface area contributed by atoms with Crippen LogP contribution in [-0.4, -0.2) is 5.78 Å². The van der Waals surface area contributed by atoms with Crippen LogP contribution in [0.5, 0.6) is 0 Å². The second-order valence-corrected chi connectivity index (χ2v) is 5.56. The van der Waals surface area contributed by atoms with Crippen LogP contribution in [0.1, 0.15) is 47.0 Å². The van der Waals surface area contributed by atoms with Gasteiger partial charge in [0.15, 0.2) is 5.78 Å². The first-order valence-corrected chi connectivity index (χ1v) is 5.71. The fourth-order valence-electron chi connectivity index (χ4n) is 2.57. The molecule has 1 heteroatoms. The molecule has 0 spiro atoms. The number of carbonyl (C=O) groups excluding carboxylic acids is 1. The van der Waals surface area contributed by atoms with Gasteiger partial charge in [0.2, 0.25) is 0 Å². The Hall–Kier alpha value is -0.850. The van der Waals surface area contributed by atoms with Gasteiger partial charge in [-0.15, -0.1) is 0 Å². The van der Waals surface area contributed by atoms with E-state index in [-0.39, 0.29) is 17.1 Å². The molecule has 0 bridgehead atoms. The van der Waals surface area contributed by atoms with E-state index in [1.807, 2.05) is 13.8 Å². The van der Waals surface area contributed by atoms with Crippen molar-refractivity contribution in [2.24, 2.45) is 11.3 Å². The van der Waals surface area contributed by atoms with Crippen LogP contribution in [-0.2, 0) is 4.79 Å². The first-order valence-electron chi connectivity index (χ1n) is 5.71. The van der Waals surface area contributed by atoms with Crippen LogP contribution in [0.2, 0.25) is 0 Å².